The van der Waals surface area contributed by atoms with E-state index in [1.807, 2.05) is 6.92 Å². The molecule has 3 aromatic rings. The summed E-state index contributed by atoms with van der Waals surface area (Å²) in [5, 5.41) is 17.2. The Labute approximate surface area is 174 Å². The Morgan fingerprint density at radius 1 is 1.23 bits per heavy atom. The number of nitrogens with one attached hydrogen (secondary N) is 1. The van der Waals surface area contributed by atoms with E-state index in [9.17, 15) is 14.3 Å². The highest BCUT2D eigenvalue weighted by Gasteiger charge is 2.28. The molecule has 158 valence electrons. The quantitative estimate of drug-likeness (QED) is 0.414. The number of aromatic hydroxyl groups is 1. The summed E-state index contributed by atoms with van der Waals surface area (Å²) in [5.41, 5.74) is 8.43. The maximum atomic E-state index is 14.4. The zero-order valence-electron chi connectivity index (χ0n) is 17.2. The lowest BCUT2D eigenvalue weighted by Gasteiger charge is -2.27. The number of Topliss-reactive ketones (excluding diaryl/α,β-unsaturated/α-hetero) is 1. The smallest absolute Gasteiger partial charge is 0.182 e. The molecule has 0 aliphatic heterocycles. The first-order valence-electron chi connectivity index (χ1n) is 10.5. The molecule has 2 heterocycles. The van der Waals surface area contributed by atoms with Gasteiger partial charge in [-0.3, -0.25) is 9.89 Å². The van der Waals surface area contributed by atoms with Gasteiger partial charge in [-0.15, -0.1) is 0 Å². The van der Waals surface area contributed by atoms with Crippen LogP contribution >= 0.6 is 0 Å². The standard InChI is InChI=1S/C23H27FN4O2/c1-14-21-17(20(30)8-11-23(25)9-4-2-3-5-10-23)13-19(26-22(21)28-27-14)16-7-6-15(29)12-18(16)24/h6-7,12-13,29H,2-5,8-11,25H2,1H3,(H,26,27,28). The van der Waals surface area contributed by atoms with Crippen molar-refractivity contribution in [1.29, 1.82) is 0 Å². The minimum atomic E-state index is -0.605. The van der Waals surface area contributed by atoms with Crippen molar-refractivity contribution in [1.82, 2.24) is 15.2 Å². The molecule has 0 bridgehead atoms. The number of carbonyl (C=O) groups excluding carboxylic acids is 1. The van der Waals surface area contributed by atoms with Crippen LogP contribution in [0.5, 0.6) is 5.75 Å². The summed E-state index contributed by atoms with van der Waals surface area (Å²) in [6.45, 7) is 1.84. The van der Waals surface area contributed by atoms with Gasteiger partial charge in [-0.2, -0.15) is 5.10 Å². The minimum absolute atomic E-state index is 0.0404. The SMILES string of the molecule is Cc1[nH]nc2nc(-c3ccc(O)cc3F)cc(C(=O)CCC3(N)CCCCCC3)c12. The lowest BCUT2D eigenvalue weighted by Crippen LogP contribution is -2.39. The highest BCUT2D eigenvalue weighted by Crippen LogP contribution is 2.32. The summed E-state index contributed by atoms with van der Waals surface area (Å²) in [6.07, 6.45) is 7.47. The number of nitrogens with zero attached hydrogens (tertiary/aromatic N) is 2. The summed E-state index contributed by atoms with van der Waals surface area (Å²) in [5.74, 6) is -0.811. The molecule has 0 amide bonds. The molecular formula is C23H27FN4O2. The van der Waals surface area contributed by atoms with E-state index >= 15 is 0 Å². The second-order valence-corrected chi connectivity index (χ2v) is 8.47. The van der Waals surface area contributed by atoms with Crippen LogP contribution in [0.15, 0.2) is 24.3 Å². The molecule has 7 heteroatoms. The third kappa shape index (κ3) is 4.07. The third-order valence-corrected chi connectivity index (χ3v) is 6.18. The van der Waals surface area contributed by atoms with E-state index in [-0.39, 0.29) is 22.6 Å². The number of rotatable bonds is 5. The molecule has 1 fully saturated rings. The average Bonchev–Trinajstić information content (AvgIpc) is 2.94. The van der Waals surface area contributed by atoms with E-state index in [0.29, 0.717) is 35.1 Å². The number of halogens is 1. The van der Waals surface area contributed by atoms with E-state index in [1.54, 1.807) is 6.07 Å². The van der Waals surface area contributed by atoms with Crippen LogP contribution in [0.2, 0.25) is 0 Å². The van der Waals surface area contributed by atoms with Crippen LogP contribution in [-0.4, -0.2) is 31.6 Å². The van der Waals surface area contributed by atoms with Crippen LogP contribution in [0, 0.1) is 12.7 Å². The van der Waals surface area contributed by atoms with Gasteiger partial charge in [0.1, 0.15) is 11.6 Å². The summed E-state index contributed by atoms with van der Waals surface area (Å²) >= 11 is 0. The van der Waals surface area contributed by atoms with Gasteiger partial charge in [-0.25, -0.2) is 9.37 Å². The topological polar surface area (TPSA) is 105 Å². The fraction of sp³-hybridized carbons (Fsp3) is 0.435. The first-order valence-corrected chi connectivity index (χ1v) is 10.5. The van der Waals surface area contributed by atoms with Gasteiger partial charge in [0.15, 0.2) is 11.4 Å². The van der Waals surface area contributed by atoms with E-state index < -0.39 is 5.82 Å². The summed E-state index contributed by atoms with van der Waals surface area (Å²) in [7, 11) is 0. The van der Waals surface area contributed by atoms with Gasteiger partial charge >= 0.3 is 0 Å². The van der Waals surface area contributed by atoms with E-state index in [0.717, 1.165) is 37.4 Å². The maximum absolute atomic E-state index is 14.4. The van der Waals surface area contributed by atoms with Crippen molar-refractivity contribution < 1.29 is 14.3 Å². The van der Waals surface area contributed by atoms with Crippen molar-refractivity contribution in [2.45, 2.75) is 63.8 Å². The van der Waals surface area contributed by atoms with E-state index in [2.05, 4.69) is 15.2 Å². The monoisotopic (exact) mass is 410 g/mol. The number of benzene rings is 1. The molecule has 1 aliphatic carbocycles. The second-order valence-electron chi connectivity index (χ2n) is 8.47. The molecular weight excluding hydrogens is 383 g/mol. The van der Waals surface area contributed by atoms with Gasteiger partial charge in [0.2, 0.25) is 0 Å². The fourth-order valence-corrected chi connectivity index (χ4v) is 4.42. The van der Waals surface area contributed by atoms with Crippen LogP contribution in [0.3, 0.4) is 0 Å². The fourth-order valence-electron chi connectivity index (χ4n) is 4.42. The average molecular weight is 410 g/mol. The lowest BCUT2D eigenvalue weighted by molar-refractivity contribution is 0.0969. The van der Waals surface area contributed by atoms with Crippen molar-refractivity contribution in [2.24, 2.45) is 5.73 Å². The normalized spacial score (nSPS) is 16.5. The first-order chi connectivity index (χ1) is 14.4. The summed E-state index contributed by atoms with van der Waals surface area (Å²) < 4.78 is 14.4. The van der Waals surface area contributed by atoms with Crippen molar-refractivity contribution in [3.63, 3.8) is 0 Å². The van der Waals surface area contributed by atoms with Crippen LogP contribution in [-0.2, 0) is 0 Å². The molecule has 0 unspecified atom stereocenters. The van der Waals surface area contributed by atoms with Crippen molar-refractivity contribution >= 4 is 16.8 Å². The number of fused-ring (bicyclic) bond motifs is 1. The van der Waals surface area contributed by atoms with Gasteiger partial charge in [0.05, 0.1) is 11.1 Å². The largest absolute Gasteiger partial charge is 0.508 e. The van der Waals surface area contributed by atoms with Crippen molar-refractivity contribution in [3.05, 3.63) is 41.3 Å². The Hall–Kier alpha value is -2.80. The van der Waals surface area contributed by atoms with Gasteiger partial charge < -0.3 is 10.8 Å². The Morgan fingerprint density at radius 3 is 2.67 bits per heavy atom. The number of ketones is 1. The third-order valence-electron chi connectivity index (χ3n) is 6.18. The van der Waals surface area contributed by atoms with Gasteiger partial charge in [0, 0.05) is 34.8 Å². The molecule has 4 rings (SSSR count). The molecule has 30 heavy (non-hydrogen) atoms. The highest BCUT2D eigenvalue weighted by atomic mass is 19.1. The Bertz CT molecular complexity index is 1080. The van der Waals surface area contributed by atoms with Crippen molar-refractivity contribution in [3.8, 4) is 17.0 Å². The van der Waals surface area contributed by atoms with Gasteiger partial charge in [-0.1, -0.05) is 25.7 Å². The Morgan fingerprint density at radius 2 is 1.97 bits per heavy atom. The predicted molar refractivity (Wildman–Crippen MR) is 114 cm³/mol. The number of hydrogen-bond acceptors (Lipinski definition) is 5. The molecule has 1 aliphatic rings. The zero-order valence-corrected chi connectivity index (χ0v) is 17.2. The van der Waals surface area contributed by atoms with Crippen LogP contribution in [0.1, 0.15) is 67.4 Å². The molecule has 0 radical (unpaired) electrons. The maximum Gasteiger partial charge on any atom is 0.182 e. The molecule has 2 aromatic heterocycles. The summed E-state index contributed by atoms with van der Waals surface area (Å²) in [4.78, 5) is 17.7. The number of phenols is 1. The number of H-pyrrole nitrogens is 1. The highest BCUT2D eigenvalue weighted by molar-refractivity contribution is 6.08. The summed E-state index contributed by atoms with van der Waals surface area (Å²) in [6, 6.07) is 5.50. The Kier molecular flexibility index (Phi) is 5.56. The number of carbonyl (C=O) groups is 1. The number of hydrogen-bond donors (Lipinski definition) is 3. The number of pyridine rings is 1. The molecule has 1 saturated carbocycles. The molecule has 0 spiro atoms. The number of aromatic nitrogens is 3. The van der Waals surface area contributed by atoms with Crippen LogP contribution < -0.4 is 5.73 Å². The zero-order chi connectivity index (χ0) is 21.3. The lowest BCUT2D eigenvalue weighted by atomic mass is 9.85. The van der Waals surface area contributed by atoms with Gasteiger partial charge in [-0.05, 0) is 44.4 Å². The van der Waals surface area contributed by atoms with E-state index in [1.165, 1.54) is 25.0 Å². The van der Waals surface area contributed by atoms with Crippen LogP contribution in [0.25, 0.3) is 22.3 Å². The van der Waals surface area contributed by atoms with Gasteiger partial charge in [0.25, 0.3) is 0 Å². The molecule has 4 N–H and O–H groups in total. The number of aromatic amines is 1. The molecule has 6 nitrogen and oxygen atoms in total. The number of phenolic OH excluding ortho intramolecular Hbond substituents is 1. The van der Waals surface area contributed by atoms with E-state index in [4.69, 9.17) is 5.73 Å². The van der Waals surface area contributed by atoms with Crippen molar-refractivity contribution in [2.75, 3.05) is 0 Å². The first kappa shape index (κ1) is 20.5. The number of nitrogens with two attached hydrogens (primary N) is 1. The minimum Gasteiger partial charge on any atom is -0.508 e. The van der Waals surface area contributed by atoms with Crippen LogP contribution in [0.4, 0.5) is 4.39 Å². The number of aryl methyl sites for hydroxylation is 1. The second kappa shape index (κ2) is 8.14. The molecule has 0 saturated heterocycles. The molecule has 1 aromatic carbocycles. The predicted octanol–water partition coefficient (Wildman–Crippen LogP) is 4.79. The molecule has 0 atom stereocenters. The Balaban J connectivity index is 1.68.